The van der Waals surface area contributed by atoms with Gasteiger partial charge >= 0.3 is 5.97 Å². The van der Waals surface area contributed by atoms with Crippen LogP contribution >= 0.6 is 0 Å². The van der Waals surface area contributed by atoms with Crippen molar-refractivity contribution in [2.45, 2.75) is 19.8 Å². The minimum absolute atomic E-state index is 0.332. The number of anilines is 1. The third kappa shape index (κ3) is 4.68. The molecule has 0 saturated carbocycles. The topological polar surface area (TPSA) is 70.2 Å². The van der Waals surface area contributed by atoms with Gasteiger partial charge in [-0.1, -0.05) is 43.7 Å². The first-order chi connectivity index (χ1) is 16.0. The third-order valence-electron chi connectivity index (χ3n) is 6.03. The molecule has 0 spiro atoms. The molecule has 1 fully saturated rings. The maximum absolute atomic E-state index is 13.6. The highest BCUT2D eigenvalue weighted by atomic mass is 16.5. The fourth-order valence-corrected chi connectivity index (χ4v) is 4.08. The Morgan fingerprint density at radius 1 is 0.909 bits per heavy atom. The molecule has 2 aliphatic heterocycles. The van der Waals surface area contributed by atoms with Gasteiger partial charge in [-0.05, 0) is 43.3 Å². The summed E-state index contributed by atoms with van der Waals surface area (Å²) < 4.78 is 5.25. The Labute approximate surface area is 194 Å². The van der Waals surface area contributed by atoms with E-state index < -0.39 is 5.97 Å². The normalized spacial score (nSPS) is 17.2. The van der Waals surface area contributed by atoms with Crippen LogP contribution in [-0.2, 0) is 14.3 Å². The first kappa shape index (κ1) is 22.7. The van der Waals surface area contributed by atoms with Crippen LogP contribution in [0.25, 0.3) is 5.57 Å². The molecule has 33 heavy (non-hydrogen) atoms. The van der Waals surface area contributed by atoms with Crippen LogP contribution in [0.4, 0.5) is 5.69 Å². The number of unbranched alkanes of at least 4 members (excludes halogenated alkanes) is 1. The van der Waals surface area contributed by atoms with Crippen molar-refractivity contribution in [3.05, 3.63) is 71.4 Å². The number of nitrogens with zero attached hydrogens (tertiary/aromatic N) is 3. The van der Waals surface area contributed by atoms with E-state index in [0.717, 1.165) is 31.5 Å². The summed E-state index contributed by atoms with van der Waals surface area (Å²) in [6.45, 7) is 5.40. The molecule has 1 saturated heterocycles. The summed E-state index contributed by atoms with van der Waals surface area (Å²) in [4.78, 5) is 44.8. The Morgan fingerprint density at radius 3 is 2.21 bits per heavy atom. The van der Waals surface area contributed by atoms with Crippen molar-refractivity contribution in [1.82, 2.24) is 9.80 Å². The smallest absolute Gasteiger partial charge is 0.338 e. The third-order valence-corrected chi connectivity index (χ3v) is 6.03. The number of likely N-dealkylation sites (N-methyl/N-ethyl adjacent to an activating group) is 1. The fraction of sp³-hybridized carbons (Fsp3) is 0.346. The Balaban J connectivity index is 1.63. The van der Waals surface area contributed by atoms with Gasteiger partial charge in [0, 0.05) is 26.2 Å². The largest absolute Gasteiger partial charge is 0.462 e. The molecule has 0 aromatic heterocycles. The van der Waals surface area contributed by atoms with E-state index in [1.807, 2.05) is 49.2 Å². The molecule has 7 heteroatoms. The van der Waals surface area contributed by atoms with E-state index in [1.54, 1.807) is 24.3 Å². The highest BCUT2D eigenvalue weighted by Gasteiger charge is 2.42. The van der Waals surface area contributed by atoms with Gasteiger partial charge in [0.25, 0.3) is 11.8 Å². The fourth-order valence-electron chi connectivity index (χ4n) is 4.08. The van der Waals surface area contributed by atoms with E-state index in [0.29, 0.717) is 42.2 Å². The number of piperazine rings is 1. The number of hydrogen-bond acceptors (Lipinski definition) is 6. The van der Waals surface area contributed by atoms with Crippen LogP contribution in [0, 0.1) is 0 Å². The van der Waals surface area contributed by atoms with E-state index in [2.05, 4.69) is 4.90 Å². The first-order valence-electron chi connectivity index (χ1n) is 11.4. The summed E-state index contributed by atoms with van der Waals surface area (Å²) in [6.07, 6.45) is 1.75. The number of rotatable bonds is 7. The van der Waals surface area contributed by atoms with Gasteiger partial charge in [-0.3, -0.25) is 9.59 Å². The maximum atomic E-state index is 13.6. The molecule has 2 aromatic carbocycles. The van der Waals surface area contributed by atoms with Crippen molar-refractivity contribution in [3.63, 3.8) is 0 Å². The number of imide groups is 1. The van der Waals surface area contributed by atoms with Crippen molar-refractivity contribution in [1.29, 1.82) is 0 Å². The number of ether oxygens (including phenoxy) is 1. The lowest BCUT2D eigenvalue weighted by atomic mass is 10.0. The van der Waals surface area contributed by atoms with Crippen LogP contribution < -0.4 is 4.90 Å². The van der Waals surface area contributed by atoms with Gasteiger partial charge in [-0.15, -0.1) is 0 Å². The zero-order chi connectivity index (χ0) is 23.4. The molecule has 0 bridgehead atoms. The number of carbonyl (C=O) groups excluding carboxylic acids is 3. The lowest BCUT2D eigenvalue weighted by Crippen LogP contribution is -2.46. The average molecular weight is 448 g/mol. The van der Waals surface area contributed by atoms with Crippen LogP contribution in [0.1, 0.15) is 35.7 Å². The van der Waals surface area contributed by atoms with Crippen molar-refractivity contribution in [2.75, 3.05) is 44.7 Å². The van der Waals surface area contributed by atoms with Crippen LogP contribution in [0.3, 0.4) is 0 Å². The SMILES string of the molecule is CCCCOC(=O)c1ccc(N2C(=O)C(c3ccccc3)=C(N3CCN(C)CC3)C2=O)cc1. The van der Waals surface area contributed by atoms with Crippen molar-refractivity contribution < 1.29 is 19.1 Å². The zero-order valence-electron chi connectivity index (χ0n) is 19.1. The number of esters is 1. The van der Waals surface area contributed by atoms with E-state index in [-0.39, 0.29) is 11.8 Å². The summed E-state index contributed by atoms with van der Waals surface area (Å²) in [5.74, 6) is -1.09. The van der Waals surface area contributed by atoms with Crippen molar-refractivity contribution in [2.24, 2.45) is 0 Å². The number of benzene rings is 2. The molecule has 2 amide bonds. The molecule has 2 aliphatic rings. The molecule has 172 valence electrons. The van der Waals surface area contributed by atoms with E-state index in [1.165, 1.54) is 4.90 Å². The molecule has 0 atom stereocenters. The monoisotopic (exact) mass is 447 g/mol. The predicted molar refractivity (Wildman–Crippen MR) is 127 cm³/mol. The van der Waals surface area contributed by atoms with Gasteiger partial charge in [0.1, 0.15) is 5.70 Å². The average Bonchev–Trinajstić information content (AvgIpc) is 3.10. The molecular weight excluding hydrogens is 418 g/mol. The molecule has 0 aliphatic carbocycles. The van der Waals surface area contributed by atoms with E-state index >= 15 is 0 Å². The minimum atomic E-state index is -0.407. The summed E-state index contributed by atoms with van der Waals surface area (Å²) >= 11 is 0. The highest BCUT2D eigenvalue weighted by Crippen LogP contribution is 2.35. The lowest BCUT2D eigenvalue weighted by molar-refractivity contribution is -0.120. The molecular formula is C26H29N3O4. The van der Waals surface area contributed by atoms with Gasteiger partial charge in [-0.25, -0.2) is 9.69 Å². The highest BCUT2D eigenvalue weighted by molar-refractivity contribution is 6.45. The quantitative estimate of drug-likeness (QED) is 0.369. The molecule has 2 heterocycles. The van der Waals surface area contributed by atoms with Gasteiger partial charge in [-0.2, -0.15) is 0 Å². The maximum Gasteiger partial charge on any atom is 0.338 e. The number of hydrogen-bond donors (Lipinski definition) is 0. The summed E-state index contributed by atoms with van der Waals surface area (Å²) in [6, 6.07) is 15.8. The Hall–Kier alpha value is -3.45. The van der Waals surface area contributed by atoms with Gasteiger partial charge in [0.2, 0.25) is 0 Å². The van der Waals surface area contributed by atoms with Gasteiger partial charge < -0.3 is 14.5 Å². The standard InChI is InChI=1S/C26H29N3O4/c1-3-4-18-33-26(32)20-10-12-21(13-11-20)29-24(30)22(19-8-6-5-7-9-19)23(25(29)31)28-16-14-27(2)15-17-28/h5-13H,3-4,14-18H2,1-2H3. The van der Waals surface area contributed by atoms with Gasteiger partial charge in [0.05, 0.1) is 23.4 Å². The summed E-state index contributed by atoms with van der Waals surface area (Å²) in [5, 5.41) is 0. The molecule has 2 aromatic rings. The molecule has 0 N–H and O–H groups in total. The van der Waals surface area contributed by atoms with Crippen LogP contribution in [0.5, 0.6) is 0 Å². The van der Waals surface area contributed by atoms with Gasteiger partial charge in [0.15, 0.2) is 0 Å². The lowest BCUT2D eigenvalue weighted by Gasteiger charge is -2.34. The molecule has 7 nitrogen and oxygen atoms in total. The molecule has 0 radical (unpaired) electrons. The van der Waals surface area contributed by atoms with Crippen LogP contribution in [0.2, 0.25) is 0 Å². The zero-order valence-corrected chi connectivity index (χ0v) is 19.1. The van der Waals surface area contributed by atoms with Crippen molar-refractivity contribution >= 4 is 29.0 Å². The van der Waals surface area contributed by atoms with E-state index in [9.17, 15) is 14.4 Å². The second-order valence-corrected chi connectivity index (χ2v) is 8.36. The van der Waals surface area contributed by atoms with E-state index in [4.69, 9.17) is 4.74 Å². The van der Waals surface area contributed by atoms with Crippen molar-refractivity contribution in [3.8, 4) is 0 Å². The second kappa shape index (κ2) is 10.0. The second-order valence-electron chi connectivity index (χ2n) is 8.36. The van der Waals surface area contributed by atoms with Crippen LogP contribution in [0.15, 0.2) is 60.3 Å². The predicted octanol–water partition coefficient (Wildman–Crippen LogP) is 3.18. The minimum Gasteiger partial charge on any atom is -0.462 e. The molecule has 4 rings (SSSR count). The summed E-state index contributed by atoms with van der Waals surface area (Å²) in [5.41, 5.74) is 2.43. The summed E-state index contributed by atoms with van der Waals surface area (Å²) in [7, 11) is 2.05. The number of carbonyl (C=O) groups is 3. The molecule has 0 unspecified atom stereocenters. The van der Waals surface area contributed by atoms with Crippen LogP contribution in [-0.4, -0.2) is 67.4 Å². The Bertz CT molecular complexity index is 1050. The Morgan fingerprint density at radius 2 is 1.58 bits per heavy atom. The first-order valence-corrected chi connectivity index (χ1v) is 11.4. The number of amides is 2. The Kier molecular flexibility index (Phi) is 6.89.